The molecular weight excluding hydrogens is 418 g/mol. The lowest BCUT2D eigenvalue weighted by molar-refractivity contribution is -0.118. The highest BCUT2D eigenvalue weighted by molar-refractivity contribution is 7.99. The number of amides is 1. The van der Waals surface area contributed by atoms with Gasteiger partial charge >= 0.3 is 0 Å². The van der Waals surface area contributed by atoms with Crippen LogP contribution in [0.4, 0.5) is 0 Å². The van der Waals surface area contributed by atoms with E-state index in [2.05, 4.69) is 34.6 Å². The molecule has 0 saturated carbocycles. The zero-order chi connectivity index (χ0) is 22.3. The molecule has 0 saturated heterocycles. The molecule has 0 aliphatic carbocycles. The monoisotopic (exact) mass is 443 g/mol. The van der Waals surface area contributed by atoms with Gasteiger partial charge in [0.1, 0.15) is 0 Å². The maximum absolute atomic E-state index is 12.5. The Hall–Kier alpha value is -3.38. The van der Waals surface area contributed by atoms with Crippen LogP contribution in [-0.4, -0.2) is 27.8 Å². The molecule has 0 unspecified atom stereocenters. The zero-order valence-electron chi connectivity index (χ0n) is 17.9. The predicted octanol–water partition coefficient (Wildman–Crippen LogP) is 4.36. The topological polar surface area (TPSA) is 64.0 Å². The van der Waals surface area contributed by atoms with Crippen molar-refractivity contribution in [3.05, 3.63) is 106 Å². The van der Waals surface area contributed by atoms with E-state index >= 15 is 0 Å². The van der Waals surface area contributed by atoms with Gasteiger partial charge in [0.2, 0.25) is 5.91 Å². The predicted molar refractivity (Wildman–Crippen MR) is 130 cm³/mol. The maximum atomic E-state index is 12.5. The molecule has 0 radical (unpaired) electrons. The van der Waals surface area contributed by atoms with E-state index in [1.807, 2.05) is 54.6 Å². The van der Waals surface area contributed by atoms with E-state index in [4.69, 9.17) is 0 Å². The molecule has 0 aliphatic rings. The van der Waals surface area contributed by atoms with Crippen molar-refractivity contribution >= 4 is 28.6 Å². The fraction of sp³-hybridized carbons (Fsp3) is 0.192. The largest absolute Gasteiger partial charge is 0.355 e. The molecule has 0 atom stereocenters. The Morgan fingerprint density at radius 3 is 2.19 bits per heavy atom. The average molecular weight is 444 g/mol. The number of fused-ring (bicyclic) bond motifs is 1. The van der Waals surface area contributed by atoms with Gasteiger partial charge in [-0.25, -0.2) is 4.98 Å². The molecule has 5 nitrogen and oxygen atoms in total. The van der Waals surface area contributed by atoms with Gasteiger partial charge < -0.3 is 5.32 Å². The van der Waals surface area contributed by atoms with Crippen LogP contribution in [0.25, 0.3) is 10.9 Å². The first kappa shape index (κ1) is 21.8. The second kappa shape index (κ2) is 10.3. The first-order chi connectivity index (χ1) is 15.6. The zero-order valence-corrected chi connectivity index (χ0v) is 18.7. The molecule has 4 rings (SSSR count). The van der Waals surface area contributed by atoms with E-state index in [9.17, 15) is 9.59 Å². The van der Waals surface area contributed by atoms with E-state index in [-0.39, 0.29) is 23.1 Å². The Balaban J connectivity index is 1.37. The van der Waals surface area contributed by atoms with Gasteiger partial charge in [-0.2, -0.15) is 0 Å². The molecule has 1 amide bonds. The maximum Gasteiger partial charge on any atom is 0.261 e. The van der Waals surface area contributed by atoms with Gasteiger partial charge in [-0.15, -0.1) is 0 Å². The van der Waals surface area contributed by atoms with Gasteiger partial charge in [0.15, 0.2) is 5.16 Å². The van der Waals surface area contributed by atoms with Crippen molar-refractivity contribution in [1.29, 1.82) is 0 Å². The van der Waals surface area contributed by atoms with Gasteiger partial charge in [-0.3, -0.25) is 14.2 Å². The molecule has 0 aliphatic heterocycles. The van der Waals surface area contributed by atoms with E-state index < -0.39 is 0 Å². The summed E-state index contributed by atoms with van der Waals surface area (Å²) in [4.78, 5) is 29.5. The van der Waals surface area contributed by atoms with Crippen LogP contribution in [0.2, 0.25) is 0 Å². The number of carbonyl (C=O) groups excluding carboxylic acids is 1. The second-order valence-electron chi connectivity index (χ2n) is 7.58. The number of benzene rings is 3. The number of hydrogen-bond donors (Lipinski definition) is 1. The summed E-state index contributed by atoms with van der Waals surface area (Å²) < 4.78 is 1.50. The minimum absolute atomic E-state index is 0.0720. The highest BCUT2D eigenvalue weighted by Crippen LogP contribution is 2.27. The highest BCUT2D eigenvalue weighted by atomic mass is 32.2. The van der Waals surface area contributed by atoms with E-state index in [1.54, 1.807) is 13.1 Å². The fourth-order valence-electron chi connectivity index (χ4n) is 3.76. The fourth-order valence-corrected chi connectivity index (χ4v) is 4.56. The van der Waals surface area contributed by atoms with Gasteiger partial charge in [0.05, 0.1) is 16.7 Å². The van der Waals surface area contributed by atoms with Crippen LogP contribution in [-0.2, 0) is 11.8 Å². The third-order valence-electron chi connectivity index (χ3n) is 5.43. The molecule has 1 aromatic heterocycles. The number of thioether (sulfide) groups is 1. The third-order valence-corrected chi connectivity index (χ3v) is 6.46. The minimum atomic E-state index is -0.105. The van der Waals surface area contributed by atoms with Crippen LogP contribution < -0.4 is 10.9 Å². The lowest BCUT2D eigenvalue weighted by atomic mass is 9.88. The Labute approximate surface area is 191 Å². The molecule has 1 heterocycles. The molecule has 0 bridgehead atoms. The first-order valence-electron chi connectivity index (χ1n) is 10.6. The first-order valence-corrected chi connectivity index (χ1v) is 11.6. The number of aromatic nitrogens is 2. The lowest BCUT2D eigenvalue weighted by Crippen LogP contribution is -2.28. The minimum Gasteiger partial charge on any atom is -0.355 e. The lowest BCUT2D eigenvalue weighted by Gasteiger charge is -2.18. The number of rotatable bonds is 8. The van der Waals surface area contributed by atoms with Crippen molar-refractivity contribution in [3.63, 3.8) is 0 Å². The van der Waals surface area contributed by atoms with Gasteiger partial charge in [0.25, 0.3) is 5.56 Å². The molecule has 3 aromatic carbocycles. The van der Waals surface area contributed by atoms with Crippen molar-refractivity contribution in [2.24, 2.45) is 7.05 Å². The summed E-state index contributed by atoms with van der Waals surface area (Å²) in [5, 5.41) is 4.14. The molecule has 4 aromatic rings. The summed E-state index contributed by atoms with van der Waals surface area (Å²) in [7, 11) is 1.69. The standard InChI is InChI=1S/C26H25N3O2S/c1-29-25(31)22-14-8-9-15-23(22)28-26(29)32-18-24(30)27-17-16-21(19-10-4-2-5-11-19)20-12-6-3-7-13-20/h2-15,21H,16-18H2,1H3,(H,27,30). The van der Waals surface area contributed by atoms with Crippen molar-refractivity contribution < 1.29 is 4.79 Å². The second-order valence-corrected chi connectivity index (χ2v) is 8.52. The Bertz CT molecular complexity index is 1220. The van der Waals surface area contributed by atoms with Crippen LogP contribution in [0, 0.1) is 0 Å². The number of nitrogens with zero attached hydrogens (tertiary/aromatic N) is 2. The van der Waals surface area contributed by atoms with Gasteiger partial charge in [-0.05, 0) is 29.7 Å². The average Bonchev–Trinajstić information content (AvgIpc) is 2.84. The van der Waals surface area contributed by atoms with Crippen LogP contribution >= 0.6 is 11.8 Å². The van der Waals surface area contributed by atoms with Crippen molar-refractivity contribution in [1.82, 2.24) is 14.9 Å². The number of carbonyl (C=O) groups is 1. The Morgan fingerprint density at radius 1 is 0.938 bits per heavy atom. The number of para-hydroxylation sites is 1. The summed E-state index contributed by atoms with van der Waals surface area (Å²) >= 11 is 1.28. The van der Waals surface area contributed by atoms with E-state index in [1.165, 1.54) is 27.5 Å². The van der Waals surface area contributed by atoms with Gasteiger partial charge in [0, 0.05) is 19.5 Å². The summed E-state index contributed by atoms with van der Waals surface area (Å²) in [6.07, 6.45) is 0.803. The molecule has 0 fully saturated rings. The van der Waals surface area contributed by atoms with Crippen molar-refractivity contribution in [3.8, 4) is 0 Å². The number of hydrogen-bond acceptors (Lipinski definition) is 4. The third kappa shape index (κ3) is 5.08. The normalized spacial score (nSPS) is 11.1. The number of nitrogens with one attached hydrogen (secondary N) is 1. The highest BCUT2D eigenvalue weighted by Gasteiger charge is 2.15. The van der Waals surface area contributed by atoms with Crippen molar-refractivity contribution in [2.45, 2.75) is 17.5 Å². The Kier molecular flexibility index (Phi) is 7.02. The molecule has 162 valence electrons. The van der Waals surface area contributed by atoms with Crippen LogP contribution in [0.5, 0.6) is 0 Å². The van der Waals surface area contributed by atoms with Crippen LogP contribution in [0.15, 0.2) is 94.9 Å². The summed E-state index contributed by atoms with van der Waals surface area (Å²) in [5.74, 6) is 0.352. The molecule has 6 heteroatoms. The van der Waals surface area contributed by atoms with E-state index in [0.717, 1.165) is 6.42 Å². The SMILES string of the molecule is Cn1c(SCC(=O)NCCC(c2ccccc2)c2ccccc2)nc2ccccc2c1=O. The van der Waals surface area contributed by atoms with Crippen molar-refractivity contribution in [2.75, 3.05) is 12.3 Å². The van der Waals surface area contributed by atoms with Gasteiger partial charge in [-0.1, -0.05) is 84.6 Å². The Morgan fingerprint density at radius 2 is 1.53 bits per heavy atom. The summed E-state index contributed by atoms with van der Waals surface area (Å²) in [5.41, 5.74) is 3.01. The van der Waals surface area contributed by atoms with Crippen LogP contribution in [0.3, 0.4) is 0 Å². The molecule has 1 N–H and O–H groups in total. The molecule has 32 heavy (non-hydrogen) atoms. The van der Waals surface area contributed by atoms with E-state index in [0.29, 0.717) is 22.6 Å². The molecular formula is C26H25N3O2S. The quantitative estimate of drug-likeness (QED) is 0.325. The van der Waals surface area contributed by atoms with Crippen LogP contribution in [0.1, 0.15) is 23.5 Å². The smallest absolute Gasteiger partial charge is 0.261 e. The molecule has 0 spiro atoms. The summed E-state index contributed by atoms with van der Waals surface area (Å²) in [6.45, 7) is 0.567. The summed E-state index contributed by atoms with van der Waals surface area (Å²) in [6, 6.07) is 28.0.